The van der Waals surface area contributed by atoms with Crippen molar-refractivity contribution in [3.63, 3.8) is 0 Å². The molecule has 5 rings (SSSR count). The van der Waals surface area contributed by atoms with Gasteiger partial charge in [-0.1, -0.05) is 121 Å². The molecular formula is C29H24N2. The zero-order valence-corrected chi connectivity index (χ0v) is 17.3. The van der Waals surface area contributed by atoms with Crippen LogP contribution in [0.3, 0.4) is 0 Å². The maximum absolute atomic E-state index is 5.11. The molecule has 0 aliphatic carbocycles. The van der Waals surface area contributed by atoms with E-state index in [1.54, 1.807) is 0 Å². The van der Waals surface area contributed by atoms with Crippen LogP contribution in [0.2, 0.25) is 0 Å². The Labute approximate surface area is 183 Å². The van der Waals surface area contributed by atoms with Gasteiger partial charge in [0.15, 0.2) is 0 Å². The number of hydrogen-bond acceptors (Lipinski definition) is 1. The molecule has 0 unspecified atom stereocenters. The van der Waals surface area contributed by atoms with Gasteiger partial charge in [-0.25, -0.2) is 4.98 Å². The topological polar surface area (TPSA) is 17.8 Å². The van der Waals surface area contributed by atoms with Crippen LogP contribution in [0, 0.1) is 0 Å². The summed E-state index contributed by atoms with van der Waals surface area (Å²) in [5, 5.41) is 0. The maximum Gasteiger partial charge on any atom is 0.141 e. The lowest BCUT2D eigenvalue weighted by Gasteiger charge is -2.22. The SMILES string of the molecule is c1ccc(Cc2cn(C(c3ccccc3)c3ccccc3)c(-c3ccccc3)n2)cc1. The summed E-state index contributed by atoms with van der Waals surface area (Å²) in [6, 6.07) is 42.4. The molecule has 0 amide bonds. The molecule has 1 aromatic heterocycles. The third-order valence-electron chi connectivity index (χ3n) is 5.55. The molecule has 2 heteroatoms. The minimum Gasteiger partial charge on any atom is -0.319 e. The van der Waals surface area contributed by atoms with Gasteiger partial charge >= 0.3 is 0 Å². The smallest absolute Gasteiger partial charge is 0.141 e. The number of nitrogens with zero attached hydrogens (tertiary/aromatic N) is 2. The minimum absolute atomic E-state index is 0.0506. The Morgan fingerprint density at radius 1 is 0.581 bits per heavy atom. The van der Waals surface area contributed by atoms with Crippen molar-refractivity contribution in [3.8, 4) is 11.4 Å². The van der Waals surface area contributed by atoms with Crippen LogP contribution in [0.25, 0.3) is 11.4 Å². The Hall–Kier alpha value is -3.91. The molecule has 0 radical (unpaired) electrons. The van der Waals surface area contributed by atoms with Crippen LogP contribution >= 0.6 is 0 Å². The molecule has 150 valence electrons. The molecule has 0 saturated heterocycles. The lowest BCUT2D eigenvalue weighted by molar-refractivity contribution is 0.684. The third kappa shape index (κ3) is 4.19. The number of benzene rings is 4. The molecule has 0 saturated carbocycles. The standard InChI is InChI=1S/C29H24N2/c1-5-13-23(14-6-1)21-27-22-31(29(30-27)26-19-11-4-12-20-26)28(24-15-7-2-8-16-24)25-17-9-3-10-18-25/h1-20,22,28H,21H2. The molecule has 0 aliphatic heterocycles. The van der Waals surface area contributed by atoms with Gasteiger partial charge in [-0.15, -0.1) is 0 Å². The summed E-state index contributed by atoms with van der Waals surface area (Å²) in [7, 11) is 0. The first kappa shape index (κ1) is 19.1. The molecule has 5 aromatic rings. The normalized spacial score (nSPS) is 11.0. The van der Waals surface area contributed by atoms with E-state index in [2.05, 4.69) is 126 Å². The second-order valence-corrected chi connectivity index (χ2v) is 7.72. The first-order chi connectivity index (χ1) is 15.4. The van der Waals surface area contributed by atoms with Crippen molar-refractivity contribution >= 4 is 0 Å². The fourth-order valence-corrected chi connectivity index (χ4v) is 4.12. The highest BCUT2D eigenvalue weighted by molar-refractivity contribution is 5.57. The van der Waals surface area contributed by atoms with Gasteiger partial charge in [0.1, 0.15) is 5.82 Å². The molecule has 2 nitrogen and oxygen atoms in total. The van der Waals surface area contributed by atoms with Gasteiger partial charge in [-0.3, -0.25) is 0 Å². The van der Waals surface area contributed by atoms with Crippen LogP contribution in [-0.2, 0) is 6.42 Å². The number of imidazole rings is 1. The summed E-state index contributed by atoms with van der Waals surface area (Å²) >= 11 is 0. The molecule has 1 heterocycles. The Morgan fingerprint density at radius 2 is 1.06 bits per heavy atom. The second kappa shape index (κ2) is 8.85. The molecule has 4 aromatic carbocycles. The predicted molar refractivity (Wildman–Crippen MR) is 127 cm³/mol. The average molecular weight is 401 g/mol. The van der Waals surface area contributed by atoms with E-state index in [-0.39, 0.29) is 6.04 Å². The molecule has 31 heavy (non-hydrogen) atoms. The molecule has 0 bridgehead atoms. The summed E-state index contributed by atoms with van der Waals surface area (Å²) in [4.78, 5) is 5.11. The van der Waals surface area contributed by atoms with Gasteiger partial charge in [-0.2, -0.15) is 0 Å². The van der Waals surface area contributed by atoms with Gasteiger partial charge in [0.2, 0.25) is 0 Å². The Kier molecular flexibility index (Phi) is 5.44. The van der Waals surface area contributed by atoms with E-state index in [0.717, 1.165) is 23.5 Å². The van der Waals surface area contributed by atoms with E-state index >= 15 is 0 Å². The van der Waals surface area contributed by atoms with E-state index in [9.17, 15) is 0 Å². The minimum atomic E-state index is 0.0506. The highest BCUT2D eigenvalue weighted by Crippen LogP contribution is 2.32. The molecular weight excluding hydrogens is 376 g/mol. The number of rotatable bonds is 6. The second-order valence-electron chi connectivity index (χ2n) is 7.72. The van der Waals surface area contributed by atoms with Crippen LogP contribution in [0.4, 0.5) is 0 Å². The van der Waals surface area contributed by atoms with Crippen molar-refractivity contribution in [1.29, 1.82) is 0 Å². The fraction of sp³-hybridized carbons (Fsp3) is 0.0690. The van der Waals surface area contributed by atoms with Crippen LogP contribution in [0.5, 0.6) is 0 Å². The Balaban J connectivity index is 1.68. The number of aromatic nitrogens is 2. The molecule has 0 spiro atoms. The zero-order valence-electron chi connectivity index (χ0n) is 17.3. The van der Waals surface area contributed by atoms with Crippen molar-refractivity contribution in [1.82, 2.24) is 9.55 Å². The molecule has 0 N–H and O–H groups in total. The third-order valence-corrected chi connectivity index (χ3v) is 5.55. The van der Waals surface area contributed by atoms with Crippen LogP contribution < -0.4 is 0 Å². The summed E-state index contributed by atoms with van der Waals surface area (Å²) in [5.41, 5.74) is 5.95. The first-order valence-electron chi connectivity index (χ1n) is 10.7. The van der Waals surface area contributed by atoms with E-state index in [1.165, 1.54) is 16.7 Å². The summed E-state index contributed by atoms with van der Waals surface area (Å²) in [5.74, 6) is 0.990. The van der Waals surface area contributed by atoms with Crippen molar-refractivity contribution in [2.75, 3.05) is 0 Å². The predicted octanol–water partition coefficient (Wildman–Crippen LogP) is 6.78. The fourth-order valence-electron chi connectivity index (χ4n) is 4.12. The Bertz CT molecular complexity index is 1190. The van der Waals surface area contributed by atoms with Gasteiger partial charge in [0.25, 0.3) is 0 Å². The first-order valence-corrected chi connectivity index (χ1v) is 10.7. The van der Waals surface area contributed by atoms with Crippen molar-refractivity contribution in [2.24, 2.45) is 0 Å². The van der Waals surface area contributed by atoms with E-state index in [4.69, 9.17) is 4.98 Å². The molecule has 0 fully saturated rings. The average Bonchev–Trinajstić information content (AvgIpc) is 3.25. The summed E-state index contributed by atoms with van der Waals surface area (Å²) < 4.78 is 2.33. The van der Waals surface area contributed by atoms with Gasteiger partial charge in [0.05, 0.1) is 11.7 Å². The summed E-state index contributed by atoms with van der Waals surface area (Å²) in [6.07, 6.45) is 3.03. The lowest BCUT2D eigenvalue weighted by atomic mass is 9.98. The van der Waals surface area contributed by atoms with E-state index in [0.29, 0.717) is 0 Å². The largest absolute Gasteiger partial charge is 0.319 e. The lowest BCUT2D eigenvalue weighted by Crippen LogP contribution is -2.13. The van der Waals surface area contributed by atoms with Gasteiger partial charge in [0, 0.05) is 18.2 Å². The van der Waals surface area contributed by atoms with Crippen molar-refractivity contribution < 1.29 is 0 Å². The maximum atomic E-state index is 5.11. The van der Waals surface area contributed by atoms with Crippen molar-refractivity contribution in [3.05, 3.63) is 150 Å². The summed E-state index contributed by atoms with van der Waals surface area (Å²) in [6.45, 7) is 0. The van der Waals surface area contributed by atoms with Gasteiger partial charge < -0.3 is 4.57 Å². The highest BCUT2D eigenvalue weighted by Gasteiger charge is 2.21. The van der Waals surface area contributed by atoms with E-state index in [1.807, 2.05) is 6.07 Å². The van der Waals surface area contributed by atoms with Crippen LogP contribution in [0.15, 0.2) is 128 Å². The Morgan fingerprint density at radius 3 is 1.61 bits per heavy atom. The van der Waals surface area contributed by atoms with Crippen LogP contribution in [0.1, 0.15) is 28.4 Å². The number of hydrogen-bond donors (Lipinski definition) is 0. The van der Waals surface area contributed by atoms with E-state index < -0.39 is 0 Å². The highest BCUT2D eigenvalue weighted by atomic mass is 15.1. The van der Waals surface area contributed by atoms with Crippen LogP contribution in [-0.4, -0.2) is 9.55 Å². The zero-order chi connectivity index (χ0) is 20.9. The van der Waals surface area contributed by atoms with Gasteiger partial charge in [-0.05, 0) is 16.7 Å². The monoisotopic (exact) mass is 400 g/mol. The van der Waals surface area contributed by atoms with Crippen molar-refractivity contribution in [2.45, 2.75) is 12.5 Å². The molecule has 0 aliphatic rings. The molecule has 0 atom stereocenters. The quantitative estimate of drug-likeness (QED) is 0.307.